The van der Waals surface area contributed by atoms with Crippen LogP contribution in [0.4, 0.5) is 28.9 Å². The molecule has 2 aliphatic rings. The van der Waals surface area contributed by atoms with Crippen molar-refractivity contribution in [1.82, 2.24) is 40.6 Å². The molecule has 0 radical (unpaired) electrons. The summed E-state index contributed by atoms with van der Waals surface area (Å²) in [6.07, 6.45) is -0.775. The zero-order valence-corrected chi connectivity index (χ0v) is 38.2. The van der Waals surface area contributed by atoms with Crippen molar-refractivity contribution in [3.8, 4) is 22.9 Å². The number of rotatable bonds is 17. The second-order valence-corrected chi connectivity index (χ2v) is 20.1. The van der Waals surface area contributed by atoms with Gasteiger partial charge >= 0.3 is 12.9 Å². The molecule has 2 aliphatic heterocycles. The van der Waals surface area contributed by atoms with Gasteiger partial charge in [0.1, 0.15) is 0 Å². The average molecular weight is 971 g/mol. The van der Waals surface area contributed by atoms with E-state index >= 15 is 0 Å². The Morgan fingerprint density at radius 3 is 1.46 bits per heavy atom. The maximum atomic E-state index is 13.8. The summed E-state index contributed by atoms with van der Waals surface area (Å²) in [5, 5.41) is 16.0. The highest BCUT2D eigenvalue weighted by molar-refractivity contribution is 7.93. The van der Waals surface area contributed by atoms with Gasteiger partial charge in [0.15, 0.2) is 0 Å². The number of alkyl halides is 4. The first kappa shape index (κ1) is 49.0. The van der Waals surface area contributed by atoms with Gasteiger partial charge in [-0.15, -0.1) is 20.4 Å². The number of halogens is 4. The molecule has 1 unspecified atom stereocenters. The molecule has 0 bridgehead atoms. The van der Waals surface area contributed by atoms with Gasteiger partial charge in [0, 0.05) is 25.5 Å². The van der Waals surface area contributed by atoms with Crippen LogP contribution in [0.25, 0.3) is 22.9 Å². The molecule has 6 aromatic rings. The average Bonchev–Trinajstić information content (AvgIpc) is 4.07. The van der Waals surface area contributed by atoms with Gasteiger partial charge in [-0.3, -0.25) is 23.5 Å². The van der Waals surface area contributed by atoms with E-state index < -0.39 is 55.2 Å². The Kier molecular flexibility index (Phi) is 16.3. The Hall–Kier alpha value is -5.88. The van der Waals surface area contributed by atoms with Crippen molar-refractivity contribution in [3.05, 3.63) is 120 Å². The zero-order chi connectivity index (χ0) is 47.6. The van der Waals surface area contributed by atoms with Crippen molar-refractivity contribution in [2.45, 2.75) is 75.1 Å². The molecular formula is C44H50F4N10O7S2. The number of hydrogen-bond acceptors (Lipinski definition) is 15. The molecule has 2 aromatic carbocycles. The summed E-state index contributed by atoms with van der Waals surface area (Å²) in [5.41, 5.74) is 2.84. The quantitative estimate of drug-likeness (QED) is 0.0909. The minimum absolute atomic E-state index is 0.0268. The van der Waals surface area contributed by atoms with Crippen molar-refractivity contribution in [3.63, 3.8) is 0 Å². The molecule has 6 heterocycles. The minimum Gasteiger partial charge on any atom is -0.415 e. The molecular weight excluding hydrogens is 921 g/mol. The Labute approximate surface area is 385 Å². The zero-order valence-electron chi connectivity index (χ0n) is 36.6. The van der Waals surface area contributed by atoms with Gasteiger partial charge in [0.05, 0.1) is 64.1 Å². The van der Waals surface area contributed by atoms with Crippen LogP contribution in [0.15, 0.2) is 106 Å². The van der Waals surface area contributed by atoms with E-state index in [1.807, 2.05) is 12.1 Å². The number of hydrogen-bond donors (Lipinski definition) is 1. The van der Waals surface area contributed by atoms with Crippen LogP contribution in [0, 0.1) is 0 Å². The number of methoxy groups -OCH3 is 1. The Bertz CT molecular complexity index is 2690. The second-order valence-electron chi connectivity index (χ2n) is 15.8. The number of benzene rings is 2. The lowest BCUT2D eigenvalue weighted by Crippen LogP contribution is -2.48. The van der Waals surface area contributed by atoms with E-state index in [9.17, 15) is 34.4 Å². The first-order valence-electron chi connectivity index (χ1n) is 21.4. The van der Waals surface area contributed by atoms with Crippen LogP contribution < -0.4 is 13.9 Å². The van der Waals surface area contributed by atoms with Crippen LogP contribution >= 0.6 is 0 Å². The number of para-hydroxylation sites is 2. The number of nitrogens with zero attached hydrogens (tertiary/aromatic N) is 9. The molecule has 0 spiro atoms. The fourth-order valence-corrected chi connectivity index (χ4v) is 11.5. The van der Waals surface area contributed by atoms with Gasteiger partial charge in [-0.25, -0.2) is 16.8 Å². The molecule has 1 atom stereocenters. The lowest BCUT2D eigenvalue weighted by atomic mass is 10.1. The van der Waals surface area contributed by atoms with Crippen LogP contribution in [0.3, 0.4) is 0 Å². The smallest absolute Gasteiger partial charge is 0.314 e. The summed E-state index contributed by atoms with van der Waals surface area (Å²) in [6.45, 7) is 5.41. The van der Waals surface area contributed by atoms with E-state index in [2.05, 4.69) is 47.5 Å². The normalized spacial score (nSPS) is 15.9. The molecule has 8 rings (SSSR count). The number of aromatic nitrogens is 6. The monoisotopic (exact) mass is 970 g/mol. The number of nitrogens with one attached hydrogen (secondary N) is 1. The summed E-state index contributed by atoms with van der Waals surface area (Å²) in [5.74, 6) is -1.68. The highest BCUT2D eigenvalue weighted by Crippen LogP contribution is 2.31. The summed E-state index contributed by atoms with van der Waals surface area (Å²) >= 11 is 0. The number of likely N-dealkylation sites (tertiary alicyclic amines) is 1. The van der Waals surface area contributed by atoms with E-state index in [1.165, 1.54) is 21.0 Å². The van der Waals surface area contributed by atoms with E-state index in [4.69, 9.17) is 13.6 Å². The molecule has 67 heavy (non-hydrogen) atoms. The predicted molar refractivity (Wildman–Crippen MR) is 240 cm³/mol. The molecule has 4 aromatic heterocycles. The maximum absolute atomic E-state index is 13.8. The summed E-state index contributed by atoms with van der Waals surface area (Å²) in [4.78, 5) is 10.9. The van der Waals surface area contributed by atoms with Crippen molar-refractivity contribution in [1.29, 1.82) is 0 Å². The third kappa shape index (κ3) is 12.2. The topological polar surface area (TPSA) is 203 Å². The Balaban J connectivity index is 0.000000201. The number of ether oxygens (including phenoxy) is 1. The molecule has 23 heteroatoms. The number of sulfonamides is 2. The molecule has 358 valence electrons. The molecule has 1 N–H and O–H groups in total. The second kappa shape index (κ2) is 22.3. The summed E-state index contributed by atoms with van der Waals surface area (Å²) in [7, 11) is -5.65. The van der Waals surface area contributed by atoms with Crippen LogP contribution in [0.2, 0.25) is 0 Å². The van der Waals surface area contributed by atoms with Crippen LogP contribution in [-0.2, 0) is 37.9 Å². The van der Waals surface area contributed by atoms with Gasteiger partial charge < -0.3 is 18.9 Å². The molecule has 0 saturated carbocycles. The third-order valence-electron chi connectivity index (χ3n) is 11.3. The predicted octanol–water partition coefficient (Wildman–Crippen LogP) is 7.06. The van der Waals surface area contributed by atoms with E-state index in [0.717, 1.165) is 0 Å². The minimum atomic E-state index is -3.69. The van der Waals surface area contributed by atoms with Crippen LogP contribution in [0.5, 0.6) is 0 Å². The molecule has 2 fully saturated rings. The Morgan fingerprint density at radius 1 is 0.657 bits per heavy atom. The van der Waals surface area contributed by atoms with Gasteiger partial charge in [-0.05, 0) is 107 Å². The standard InChI is InChI=1S/C24H29F2N5O4S.C20H21F2N5O3S/c1-17(16-34-2)30-12-10-21(11-13-30)36(32,33)31(20-6-4-3-5-7-20)15-19-9-8-18(14-27-19)23-28-29-24(35-23)22(25)26;21-18(22)20-26-25-19(30-20)14-6-7-15(24-12-14)13-27(16-4-2-1-3-5-16)31(28,29)17-8-10-23-11-9-17/h3-9,14,17,21-22H,10-13,15-16H2,1-2H3;1-7,12,17-18,23H,8-11,13H2. The molecule has 0 aliphatic carbocycles. The largest absolute Gasteiger partial charge is 0.415 e. The van der Waals surface area contributed by atoms with E-state index in [-0.39, 0.29) is 30.9 Å². The van der Waals surface area contributed by atoms with E-state index in [1.54, 1.807) is 79.9 Å². The Morgan fingerprint density at radius 2 is 1.09 bits per heavy atom. The lowest BCUT2D eigenvalue weighted by molar-refractivity contribution is 0.0870. The fraction of sp³-hybridized carbons (Fsp3) is 0.409. The van der Waals surface area contributed by atoms with Crippen molar-refractivity contribution >= 4 is 31.4 Å². The maximum Gasteiger partial charge on any atom is 0.314 e. The van der Waals surface area contributed by atoms with Gasteiger partial charge in [-0.2, -0.15) is 17.6 Å². The van der Waals surface area contributed by atoms with Gasteiger partial charge in [0.25, 0.3) is 11.8 Å². The lowest BCUT2D eigenvalue weighted by Gasteiger charge is -2.37. The molecule has 17 nitrogen and oxygen atoms in total. The summed E-state index contributed by atoms with van der Waals surface area (Å²) < 4.78 is 123. The first-order chi connectivity index (χ1) is 32.2. The third-order valence-corrected chi connectivity index (χ3v) is 15.9. The van der Waals surface area contributed by atoms with Crippen LogP contribution in [-0.4, -0.2) is 109 Å². The number of piperidine rings is 2. The number of pyridine rings is 2. The highest BCUT2D eigenvalue weighted by Gasteiger charge is 2.37. The fourth-order valence-electron chi connectivity index (χ4n) is 7.72. The van der Waals surface area contributed by atoms with Gasteiger partial charge in [-0.1, -0.05) is 36.4 Å². The van der Waals surface area contributed by atoms with Crippen molar-refractivity contribution < 1.29 is 48.0 Å². The van der Waals surface area contributed by atoms with Crippen LogP contribution in [0.1, 0.15) is 68.6 Å². The van der Waals surface area contributed by atoms with E-state index in [0.29, 0.717) is 92.4 Å². The molecule has 0 amide bonds. The number of anilines is 2. The van der Waals surface area contributed by atoms with Crippen molar-refractivity contribution in [2.24, 2.45) is 0 Å². The van der Waals surface area contributed by atoms with Gasteiger partial charge in [0.2, 0.25) is 31.8 Å². The highest BCUT2D eigenvalue weighted by atomic mass is 32.2. The van der Waals surface area contributed by atoms with Crippen molar-refractivity contribution in [2.75, 3.05) is 48.5 Å². The SMILES string of the molecule is COCC(C)N1CCC(S(=O)(=O)N(Cc2ccc(-c3nnc(C(F)F)o3)cn2)c2ccccc2)CC1.O=S(=O)(C1CCNCC1)N(Cc1ccc(-c2nnc(C(F)F)o2)cn1)c1ccccc1. The molecule has 2 saturated heterocycles. The summed E-state index contributed by atoms with van der Waals surface area (Å²) in [6, 6.07) is 24.5. The first-order valence-corrected chi connectivity index (χ1v) is 24.5.